The van der Waals surface area contributed by atoms with Crippen LogP contribution in [-0.2, 0) is 9.53 Å². The van der Waals surface area contributed by atoms with E-state index < -0.39 is 23.6 Å². The minimum absolute atomic E-state index is 0.0910. The number of hydrogen-bond acceptors (Lipinski definition) is 4. The van der Waals surface area contributed by atoms with E-state index in [4.69, 9.17) is 10.5 Å². The van der Waals surface area contributed by atoms with Crippen LogP contribution in [0.1, 0.15) is 32.1 Å². The first kappa shape index (κ1) is 15.6. The lowest BCUT2D eigenvalue weighted by atomic mass is 9.94. The number of carbonyl (C=O) groups is 1. The normalized spacial score (nSPS) is 33.4. The lowest BCUT2D eigenvalue weighted by Gasteiger charge is -2.37. The van der Waals surface area contributed by atoms with Crippen LogP contribution in [-0.4, -0.2) is 48.8 Å². The van der Waals surface area contributed by atoms with Gasteiger partial charge in [-0.25, -0.2) is 0 Å². The van der Waals surface area contributed by atoms with Crippen LogP contribution < -0.4 is 5.73 Å². The zero-order chi connectivity index (χ0) is 15.0. The van der Waals surface area contributed by atoms with Gasteiger partial charge in [0.05, 0.1) is 13.0 Å². The molecular formula is C13H21F3N2O2. The number of nitrogens with two attached hydrogens (primary N) is 1. The maximum atomic E-state index is 12.6. The number of esters is 1. The summed E-state index contributed by atoms with van der Waals surface area (Å²) in [6.45, 7) is 0.845. The largest absolute Gasteiger partial charge is 0.468 e. The first-order chi connectivity index (χ1) is 9.26. The molecular weight excluding hydrogens is 273 g/mol. The Morgan fingerprint density at radius 1 is 1.30 bits per heavy atom. The van der Waals surface area contributed by atoms with Gasteiger partial charge in [0.2, 0.25) is 0 Å². The Bertz CT molecular complexity index is 367. The summed E-state index contributed by atoms with van der Waals surface area (Å²) in [6, 6.07) is 0.0910. The van der Waals surface area contributed by atoms with Crippen molar-refractivity contribution >= 4 is 5.97 Å². The van der Waals surface area contributed by atoms with Crippen LogP contribution in [0.5, 0.6) is 0 Å². The second-order valence-corrected chi connectivity index (χ2v) is 5.90. The fourth-order valence-electron chi connectivity index (χ4n) is 3.34. The highest BCUT2D eigenvalue weighted by atomic mass is 19.4. The van der Waals surface area contributed by atoms with Gasteiger partial charge in [-0.2, -0.15) is 13.2 Å². The van der Waals surface area contributed by atoms with Crippen molar-refractivity contribution in [3.63, 3.8) is 0 Å². The van der Waals surface area contributed by atoms with Gasteiger partial charge in [0.1, 0.15) is 5.54 Å². The number of alkyl halides is 3. The molecule has 0 spiro atoms. The highest BCUT2D eigenvalue weighted by Crippen LogP contribution is 2.38. The summed E-state index contributed by atoms with van der Waals surface area (Å²) < 4.78 is 42.6. The molecule has 20 heavy (non-hydrogen) atoms. The van der Waals surface area contributed by atoms with Crippen molar-refractivity contribution in [3.05, 3.63) is 0 Å². The van der Waals surface area contributed by atoms with Gasteiger partial charge in [-0.3, -0.25) is 4.79 Å². The summed E-state index contributed by atoms with van der Waals surface area (Å²) in [5, 5.41) is 0. The zero-order valence-electron chi connectivity index (χ0n) is 11.6. The Kier molecular flexibility index (Phi) is 4.30. The number of rotatable bonds is 2. The molecule has 2 aliphatic rings. The Hall–Kier alpha value is -0.820. The second kappa shape index (κ2) is 5.52. The van der Waals surface area contributed by atoms with E-state index in [0.29, 0.717) is 25.9 Å². The average Bonchev–Trinajstić information content (AvgIpc) is 2.81. The van der Waals surface area contributed by atoms with Crippen LogP contribution in [0.15, 0.2) is 0 Å². The molecule has 0 amide bonds. The molecule has 2 atom stereocenters. The number of carbonyl (C=O) groups excluding carboxylic acids is 1. The highest BCUT2D eigenvalue weighted by molar-refractivity contribution is 5.81. The van der Waals surface area contributed by atoms with Gasteiger partial charge in [0.15, 0.2) is 0 Å². The van der Waals surface area contributed by atoms with E-state index in [1.807, 2.05) is 4.90 Å². The summed E-state index contributed by atoms with van der Waals surface area (Å²) in [5.74, 6) is -1.62. The fourth-order valence-corrected chi connectivity index (χ4v) is 3.34. The summed E-state index contributed by atoms with van der Waals surface area (Å²) in [7, 11) is 1.30. The van der Waals surface area contributed by atoms with Crippen molar-refractivity contribution in [3.8, 4) is 0 Å². The number of likely N-dealkylation sites (tertiary alicyclic amines) is 1. The van der Waals surface area contributed by atoms with Crippen LogP contribution in [0, 0.1) is 5.92 Å². The van der Waals surface area contributed by atoms with Crippen LogP contribution in [0.2, 0.25) is 0 Å². The fraction of sp³-hybridized carbons (Fsp3) is 0.923. The van der Waals surface area contributed by atoms with E-state index in [1.165, 1.54) is 7.11 Å². The smallest absolute Gasteiger partial charge is 0.391 e. The molecule has 0 radical (unpaired) electrons. The highest BCUT2D eigenvalue weighted by Gasteiger charge is 2.47. The van der Waals surface area contributed by atoms with Gasteiger partial charge >= 0.3 is 12.1 Å². The van der Waals surface area contributed by atoms with E-state index in [0.717, 1.165) is 6.42 Å². The number of ether oxygens (including phenoxy) is 1. The Labute approximate surface area is 116 Å². The van der Waals surface area contributed by atoms with Crippen LogP contribution in [0.25, 0.3) is 0 Å². The molecule has 0 bridgehead atoms. The lowest BCUT2D eigenvalue weighted by Crippen LogP contribution is -2.49. The number of nitrogens with zero attached hydrogens (tertiary/aromatic N) is 1. The molecule has 0 aromatic heterocycles. The minimum Gasteiger partial charge on any atom is -0.468 e. The average molecular weight is 294 g/mol. The third kappa shape index (κ3) is 3.09. The van der Waals surface area contributed by atoms with Gasteiger partial charge in [0, 0.05) is 6.04 Å². The van der Waals surface area contributed by atoms with Crippen molar-refractivity contribution in [2.45, 2.75) is 49.9 Å². The number of hydrogen-bond donors (Lipinski definition) is 1. The molecule has 1 aliphatic heterocycles. The first-order valence-corrected chi connectivity index (χ1v) is 6.94. The predicted octanol–water partition coefficient (Wildman–Crippen LogP) is 1.68. The third-order valence-corrected chi connectivity index (χ3v) is 4.62. The van der Waals surface area contributed by atoms with Gasteiger partial charge in [-0.05, 0) is 45.2 Å². The van der Waals surface area contributed by atoms with Gasteiger partial charge in [0.25, 0.3) is 0 Å². The molecule has 2 fully saturated rings. The van der Waals surface area contributed by atoms with Crippen molar-refractivity contribution in [1.29, 1.82) is 0 Å². The Morgan fingerprint density at radius 3 is 2.40 bits per heavy atom. The SMILES string of the molecule is COC(=O)C1(N)CCC(N2CCC(C(F)(F)F)CC2)C1. The van der Waals surface area contributed by atoms with Gasteiger partial charge in [-0.1, -0.05) is 0 Å². The Balaban J connectivity index is 1.88. The number of methoxy groups -OCH3 is 1. The molecule has 4 nitrogen and oxygen atoms in total. The molecule has 2 unspecified atom stereocenters. The summed E-state index contributed by atoms with van der Waals surface area (Å²) >= 11 is 0. The van der Waals surface area contributed by atoms with Crippen LogP contribution in [0.4, 0.5) is 13.2 Å². The minimum atomic E-state index is -4.09. The molecule has 7 heteroatoms. The van der Waals surface area contributed by atoms with Crippen LogP contribution in [0.3, 0.4) is 0 Å². The van der Waals surface area contributed by atoms with Crippen LogP contribution >= 0.6 is 0 Å². The second-order valence-electron chi connectivity index (χ2n) is 5.90. The molecule has 116 valence electrons. The maximum absolute atomic E-state index is 12.6. The molecule has 1 heterocycles. The summed E-state index contributed by atoms with van der Waals surface area (Å²) in [6.07, 6.45) is -2.08. The van der Waals surface area contributed by atoms with Gasteiger partial charge in [-0.15, -0.1) is 0 Å². The molecule has 0 aromatic carbocycles. The molecule has 2 N–H and O–H groups in total. The van der Waals surface area contributed by atoms with E-state index in [9.17, 15) is 18.0 Å². The maximum Gasteiger partial charge on any atom is 0.391 e. The predicted molar refractivity (Wildman–Crippen MR) is 66.9 cm³/mol. The summed E-state index contributed by atoms with van der Waals surface area (Å²) in [5.41, 5.74) is 5.05. The summed E-state index contributed by atoms with van der Waals surface area (Å²) in [4.78, 5) is 13.7. The third-order valence-electron chi connectivity index (χ3n) is 4.62. The lowest BCUT2D eigenvalue weighted by molar-refractivity contribution is -0.186. The van der Waals surface area contributed by atoms with E-state index in [1.54, 1.807) is 0 Å². The number of halogens is 3. The van der Waals surface area contributed by atoms with Gasteiger partial charge < -0.3 is 15.4 Å². The molecule has 0 aromatic rings. The topological polar surface area (TPSA) is 55.6 Å². The quantitative estimate of drug-likeness (QED) is 0.787. The van der Waals surface area contributed by atoms with Crippen molar-refractivity contribution < 1.29 is 22.7 Å². The molecule has 2 rings (SSSR count). The van der Waals surface area contributed by atoms with E-state index in [2.05, 4.69) is 0 Å². The van der Waals surface area contributed by atoms with Crippen molar-refractivity contribution in [1.82, 2.24) is 4.90 Å². The van der Waals surface area contributed by atoms with E-state index >= 15 is 0 Å². The zero-order valence-corrected chi connectivity index (χ0v) is 11.6. The number of piperidine rings is 1. The van der Waals surface area contributed by atoms with Crippen molar-refractivity contribution in [2.24, 2.45) is 11.7 Å². The molecule has 1 saturated heterocycles. The first-order valence-electron chi connectivity index (χ1n) is 6.94. The molecule has 1 aliphatic carbocycles. The van der Waals surface area contributed by atoms with E-state index in [-0.39, 0.29) is 18.9 Å². The monoisotopic (exact) mass is 294 g/mol. The standard InChI is InChI=1S/C13H21F3N2O2/c1-20-11(19)12(17)5-2-10(8-12)18-6-3-9(4-7-18)13(14,15)16/h9-10H,2-8,17H2,1H3. The Morgan fingerprint density at radius 2 is 1.90 bits per heavy atom. The molecule has 1 saturated carbocycles. The van der Waals surface area contributed by atoms with Crippen molar-refractivity contribution in [2.75, 3.05) is 20.2 Å².